The highest BCUT2D eigenvalue weighted by molar-refractivity contribution is 7.99. The molecule has 5 rings (SSSR count). The SMILES string of the molecule is O=C(CSc1nnc(Cc2cccs2)n1CCc1ccccc1)N1CCCC2CCCCC21. The van der Waals surface area contributed by atoms with Crippen LogP contribution in [0.1, 0.15) is 54.8 Å². The van der Waals surface area contributed by atoms with Crippen LogP contribution in [0.2, 0.25) is 0 Å². The number of benzene rings is 1. The third kappa shape index (κ3) is 5.52. The van der Waals surface area contributed by atoms with Crippen molar-refractivity contribution in [3.8, 4) is 0 Å². The van der Waals surface area contributed by atoms with Crippen molar-refractivity contribution in [2.45, 2.75) is 69.1 Å². The molecule has 0 spiro atoms. The van der Waals surface area contributed by atoms with E-state index in [1.54, 1.807) is 23.1 Å². The van der Waals surface area contributed by atoms with Gasteiger partial charge in [-0.15, -0.1) is 21.5 Å². The van der Waals surface area contributed by atoms with E-state index in [2.05, 4.69) is 67.5 Å². The first-order valence-electron chi connectivity index (χ1n) is 12.2. The van der Waals surface area contributed by atoms with Gasteiger partial charge in [0, 0.05) is 30.4 Å². The van der Waals surface area contributed by atoms with E-state index in [9.17, 15) is 4.79 Å². The first-order chi connectivity index (χ1) is 16.3. The van der Waals surface area contributed by atoms with Gasteiger partial charge in [-0.2, -0.15) is 0 Å². The van der Waals surface area contributed by atoms with Crippen molar-refractivity contribution in [3.05, 3.63) is 64.1 Å². The summed E-state index contributed by atoms with van der Waals surface area (Å²) in [5.41, 5.74) is 1.30. The summed E-state index contributed by atoms with van der Waals surface area (Å²) in [5.74, 6) is 2.42. The fourth-order valence-corrected chi connectivity index (χ4v) is 6.95. The molecule has 1 amide bonds. The van der Waals surface area contributed by atoms with Crippen LogP contribution in [0.15, 0.2) is 53.0 Å². The van der Waals surface area contributed by atoms with Crippen LogP contribution in [-0.2, 0) is 24.2 Å². The van der Waals surface area contributed by atoms with Crippen LogP contribution < -0.4 is 0 Å². The number of amides is 1. The highest BCUT2D eigenvalue weighted by atomic mass is 32.2. The van der Waals surface area contributed by atoms with Gasteiger partial charge >= 0.3 is 0 Å². The summed E-state index contributed by atoms with van der Waals surface area (Å²) in [4.78, 5) is 16.7. The second-order valence-electron chi connectivity index (χ2n) is 9.17. The van der Waals surface area contributed by atoms with E-state index in [1.165, 1.54) is 42.5 Å². The molecular weight excluding hydrogens is 448 g/mol. The van der Waals surface area contributed by atoms with Crippen LogP contribution in [0.4, 0.5) is 0 Å². The quantitative estimate of drug-likeness (QED) is 0.403. The molecule has 1 aliphatic heterocycles. The van der Waals surface area contributed by atoms with Crippen molar-refractivity contribution in [2.75, 3.05) is 12.3 Å². The molecule has 3 aromatic rings. The number of thiophene rings is 1. The second kappa shape index (κ2) is 10.9. The van der Waals surface area contributed by atoms with E-state index in [0.717, 1.165) is 43.3 Å². The summed E-state index contributed by atoms with van der Waals surface area (Å²) in [7, 11) is 0. The molecule has 7 heteroatoms. The fourth-order valence-electron chi connectivity index (χ4n) is 5.38. The Morgan fingerprint density at radius 1 is 1.03 bits per heavy atom. The number of carbonyl (C=O) groups is 1. The molecule has 1 aromatic carbocycles. The Morgan fingerprint density at radius 2 is 1.88 bits per heavy atom. The molecule has 1 saturated heterocycles. The summed E-state index contributed by atoms with van der Waals surface area (Å²) in [6.45, 7) is 1.74. The van der Waals surface area contributed by atoms with Crippen molar-refractivity contribution in [3.63, 3.8) is 0 Å². The van der Waals surface area contributed by atoms with Gasteiger partial charge in [0.1, 0.15) is 5.82 Å². The van der Waals surface area contributed by atoms with Crippen molar-refractivity contribution in [1.82, 2.24) is 19.7 Å². The van der Waals surface area contributed by atoms with Gasteiger partial charge < -0.3 is 9.47 Å². The second-order valence-corrected chi connectivity index (χ2v) is 11.1. The van der Waals surface area contributed by atoms with Gasteiger partial charge in [0.2, 0.25) is 5.91 Å². The average Bonchev–Trinajstić information content (AvgIpc) is 3.51. The monoisotopic (exact) mass is 480 g/mol. The van der Waals surface area contributed by atoms with Gasteiger partial charge in [-0.05, 0) is 55.0 Å². The topological polar surface area (TPSA) is 51.0 Å². The van der Waals surface area contributed by atoms with E-state index in [1.807, 2.05) is 0 Å². The summed E-state index contributed by atoms with van der Waals surface area (Å²) < 4.78 is 2.23. The van der Waals surface area contributed by atoms with Gasteiger partial charge in [0.15, 0.2) is 5.16 Å². The smallest absolute Gasteiger partial charge is 0.233 e. The Labute approximate surface area is 204 Å². The van der Waals surface area contributed by atoms with Crippen molar-refractivity contribution >= 4 is 29.0 Å². The minimum Gasteiger partial charge on any atom is -0.339 e. The molecule has 5 nitrogen and oxygen atoms in total. The van der Waals surface area contributed by atoms with Crippen LogP contribution in [0.25, 0.3) is 0 Å². The Morgan fingerprint density at radius 3 is 2.73 bits per heavy atom. The lowest BCUT2D eigenvalue weighted by molar-refractivity contribution is -0.134. The number of aromatic nitrogens is 3. The zero-order valence-corrected chi connectivity index (χ0v) is 20.7. The zero-order valence-electron chi connectivity index (χ0n) is 19.1. The number of hydrogen-bond acceptors (Lipinski definition) is 5. The lowest BCUT2D eigenvalue weighted by Crippen LogP contribution is -2.50. The maximum atomic E-state index is 13.2. The Kier molecular flexibility index (Phi) is 7.47. The van der Waals surface area contributed by atoms with Gasteiger partial charge in [0.05, 0.1) is 5.75 Å². The van der Waals surface area contributed by atoms with Crippen molar-refractivity contribution in [1.29, 1.82) is 0 Å². The molecule has 3 heterocycles. The van der Waals surface area contributed by atoms with Crippen molar-refractivity contribution < 1.29 is 4.79 Å². The average molecular weight is 481 g/mol. The van der Waals surface area contributed by atoms with E-state index >= 15 is 0 Å². The Bertz CT molecular complexity index is 1030. The summed E-state index contributed by atoms with van der Waals surface area (Å²) in [6, 6.07) is 15.2. The largest absolute Gasteiger partial charge is 0.339 e. The maximum absolute atomic E-state index is 13.2. The lowest BCUT2D eigenvalue weighted by Gasteiger charge is -2.44. The number of thioether (sulfide) groups is 1. The molecule has 2 aliphatic rings. The molecular formula is C26H32N4OS2. The molecule has 1 aliphatic carbocycles. The van der Waals surface area contributed by atoms with Gasteiger partial charge in [0.25, 0.3) is 0 Å². The maximum Gasteiger partial charge on any atom is 0.233 e. The van der Waals surface area contributed by atoms with Gasteiger partial charge in [-0.3, -0.25) is 4.79 Å². The zero-order chi connectivity index (χ0) is 22.5. The third-order valence-corrected chi connectivity index (χ3v) is 8.89. The predicted molar refractivity (Wildman–Crippen MR) is 135 cm³/mol. The van der Waals surface area contributed by atoms with Crippen LogP contribution in [0.3, 0.4) is 0 Å². The van der Waals surface area contributed by atoms with Gasteiger partial charge in [-0.25, -0.2) is 0 Å². The van der Waals surface area contributed by atoms with Crippen LogP contribution in [-0.4, -0.2) is 43.9 Å². The van der Waals surface area contributed by atoms with E-state index in [-0.39, 0.29) is 5.91 Å². The summed E-state index contributed by atoms with van der Waals surface area (Å²) >= 11 is 3.31. The Hall–Kier alpha value is -2.12. The van der Waals surface area contributed by atoms with E-state index in [0.29, 0.717) is 17.7 Å². The number of rotatable bonds is 8. The van der Waals surface area contributed by atoms with E-state index in [4.69, 9.17) is 0 Å². The van der Waals surface area contributed by atoms with Crippen LogP contribution >= 0.6 is 23.1 Å². The number of likely N-dealkylation sites (tertiary alicyclic amines) is 1. The summed E-state index contributed by atoms with van der Waals surface area (Å²) in [5, 5.41) is 12.0. The molecule has 1 saturated carbocycles. The van der Waals surface area contributed by atoms with Crippen LogP contribution in [0, 0.1) is 5.92 Å². The van der Waals surface area contributed by atoms with Gasteiger partial charge in [-0.1, -0.05) is 61.0 Å². The number of aryl methyl sites for hydroxylation is 1. The molecule has 33 heavy (non-hydrogen) atoms. The molecule has 2 unspecified atom stereocenters. The minimum atomic E-state index is 0.272. The molecule has 2 fully saturated rings. The number of carbonyl (C=O) groups excluding carboxylic acids is 1. The first-order valence-corrected chi connectivity index (χ1v) is 14.0. The number of fused-ring (bicyclic) bond motifs is 1. The number of nitrogens with zero attached hydrogens (tertiary/aromatic N) is 4. The molecule has 0 N–H and O–H groups in total. The molecule has 0 bridgehead atoms. The predicted octanol–water partition coefficient (Wildman–Crippen LogP) is 5.45. The molecule has 0 radical (unpaired) electrons. The normalized spacial score (nSPS) is 20.5. The number of hydrogen-bond donors (Lipinski definition) is 0. The minimum absolute atomic E-state index is 0.272. The number of piperidine rings is 1. The molecule has 2 aromatic heterocycles. The molecule has 174 valence electrons. The molecule has 2 atom stereocenters. The highest BCUT2D eigenvalue weighted by Gasteiger charge is 2.35. The van der Waals surface area contributed by atoms with E-state index < -0.39 is 0 Å². The first kappa shape index (κ1) is 22.7. The fraction of sp³-hybridized carbons (Fsp3) is 0.500. The summed E-state index contributed by atoms with van der Waals surface area (Å²) in [6.07, 6.45) is 9.21. The third-order valence-electron chi connectivity index (χ3n) is 7.06. The highest BCUT2D eigenvalue weighted by Crippen LogP contribution is 2.35. The van der Waals surface area contributed by atoms with Crippen LogP contribution in [0.5, 0.6) is 0 Å². The standard InChI is InChI=1S/C26H32N4OS2/c31-25(29-15-6-11-21-10-4-5-13-23(21)29)19-33-26-28-27-24(18-22-12-7-17-32-22)30(26)16-14-20-8-2-1-3-9-20/h1-3,7-9,12,17,21,23H,4-6,10-11,13-16,18-19H2. The van der Waals surface area contributed by atoms with Crippen molar-refractivity contribution in [2.24, 2.45) is 5.92 Å². The lowest BCUT2D eigenvalue weighted by atomic mass is 9.78. The Balaban J connectivity index is 1.28.